The second kappa shape index (κ2) is 9.95. The molecule has 210 valence electrons. The molecule has 5 heterocycles. The van der Waals surface area contributed by atoms with Crippen LogP contribution in [0.5, 0.6) is 0 Å². The van der Waals surface area contributed by atoms with Crippen LogP contribution >= 0.6 is 15.6 Å². The first-order valence-corrected chi connectivity index (χ1v) is 15.3. The smallest absolute Gasteiger partial charge is 0.387 e. The number of rotatable bonds is 1. The highest BCUT2D eigenvalue weighted by Gasteiger charge is 2.52. The fraction of sp³-hybridized carbons (Fsp3) is 0.714. The number of hydrogen-bond donors (Lipinski definition) is 4. The third-order valence-electron chi connectivity index (χ3n) is 7.34. The van der Waals surface area contributed by atoms with Gasteiger partial charge in [0.1, 0.15) is 48.6 Å². The minimum Gasteiger partial charge on any atom is -0.387 e. The zero-order valence-electron chi connectivity index (χ0n) is 20.3. The molecule has 2 unspecified atom stereocenters. The number of ether oxygens (including phenoxy) is 2. The Morgan fingerprint density at radius 1 is 0.921 bits per heavy atom. The molecule has 2 bridgehead atoms. The first-order chi connectivity index (χ1) is 18.0. The molecular weight excluding hydrogens is 548 g/mol. The van der Waals surface area contributed by atoms with Gasteiger partial charge in [-0.3, -0.25) is 18.1 Å². The Labute approximate surface area is 216 Å². The van der Waals surface area contributed by atoms with Crippen LogP contribution in [0.1, 0.15) is 37.3 Å². The number of aliphatic hydroxyl groups excluding tert-OH is 2. The molecule has 3 aliphatic heterocycles. The Balaban J connectivity index is 1.33. The van der Waals surface area contributed by atoms with Crippen LogP contribution in [-0.2, 0) is 49.5 Å². The van der Waals surface area contributed by atoms with E-state index < -0.39 is 77.8 Å². The lowest BCUT2D eigenvalue weighted by Crippen LogP contribution is -2.36. The molecule has 0 amide bonds. The number of phosphoric acid groups is 2. The third-order valence-corrected chi connectivity index (χ3v) is 9.31. The molecule has 3 fully saturated rings. The van der Waals surface area contributed by atoms with Crippen LogP contribution in [-0.4, -0.2) is 90.5 Å². The van der Waals surface area contributed by atoms with Crippen molar-refractivity contribution in [3.8, 4) is 0 Å². The van der Waals surface area contributed by atoms with Gasteiger partial charge in [-0.25, -0.2) is 19.1 Å². The van der Waals surface area contributed by atoms with Crippen molar-refractivity contribution in [1.29, 1.82) is 0 Å². The van der Waals surface area contributed by atoms with Crippen molar-refractivity contribution in [2.45, 2.75) is 81.6 Å². The Morgan fingerprint density at radius 3 is 2.37 bits per heavy atom. The van der Waals surface area contributed by atoms with Crippen LogP contribution in [0.25, 0.3) is 11.0 Å². The Morgan fingerprint density at radius 2 is 1.61 bits per heavy atom. The predicted octanol–water partition coefficient (Wildman–Crippen LogP) is 0.735. The average molecular weight is 577 g/mol. The van der Waals surface area contributed by atoms with E-state index in [-0.39, 0.29) is 0 Å². The van der Waals surface area contributed by atoms with Gasteiger partial charge in [0.25, 0.3) is 0 Å². The van der Waals surface area contributed by atoms with Gasteiger partial charge in [-0.1, -0.05) is 0 Å². The minimum absolute atomic E-state index is 0.516. The van der Waals surface area contributed by atoms with Gasteiger partial charge in [0.05, 0.1) is 25.0 Å². The SMILES string of the molecule is C[C@@H]1O[C@@H]2COP(=O)(O)O[C@H]3[C@@H](O)[C@H](n4cc5c6c(ncnc64)CCCC5)O[C@@H]3COP(=O)(O)O[C@@H]1[C@@H]2O. The van der Waals surface area contributed by atoms with Gasteiger partial charge in [0, 0.05) is 11.6 Å². The monoisotopic (exact) mass is 577 g/mol. The van der Waals surface area contributed by atoms with E-state index in [1.165, 1.54) is 13.3 Å². The van der Waals surface area contributed by atoms with E-state index in [9.17, 15) is 29.1 Å². The quantitative estimate of drug-likeness (QED) is 0.346. The predicted molar refractivity (Wildman–Crippen MR) is 126 cm³/mol. The number of hydrogen-bond acceptors (Lipinski definition) is 12. The molecule has 1 aliphatic carbocycles. The maximum Gasteiger partial charge on any atom is 0.472 e. The van der Waals surface area contributed by atoms with E-state index in [1.807, 2.05) is 0 Å². The zero-order valence-corrected chi connectivity index (χ0v) is 22.1. The summed E-state index contributed by atoms with van der Waals surface area (Å²) in [7, 11) is -9.60. The van der Waals surface area contributed by atoms with Crippen LogP contribution in [0.2, 0.25) is 0 Å². The van der Waals surface area contributed by atoms with E-state index in [2.05, 4.69) is 9.97 Å². The molecule has 6 rings (SSSR count). The summed E-state index contributed by atoms with van der Waals surface area (Å²) in [4.78, 5) is 29.5. The fourth-order valence-electron chi connectivity index (χ4n) is 5.54. The summed E-state index contributed by atoms with van der Waals surface area (Å²) in [5, 5.41) is 22.5. The lowest BCUT2D eigenvalue weighted by Gasteiger charge is -2.24. The van der Waals surface area contributed by atoms with E-state index in [4.69, 9.17) is 27.6 Å². The van der Waals surface area contributed by atoms with Crippen LogP contribution in [0.3, 0.4) is 0 Å². The lowest BCUT2D eigenvalue weighted by molar-refractivity contribution is -0.0556. The van der Waals surface area contributed by atoms with Gasteiger partial charge in [-0.05, 0) is 38.2 Å². The van der Waals surface area contributed by atoms with Gasteiger partial charge in [0.2, 0.25) is 0 Å². The number of phosphoric ester groups is 2. The van der Waals surface area contributed by atoms with Gasteiger partial charge in [0.15, 0.2) is 6.23 Å². The van der Waals surface area contributed by atoms with Crippen molar-refractivity contribution >= 4 is 26.7 Å². The number of aryl methyl sites for hydroxylation is 2. The van der Waals surface area contributed by atoms with Crippen molar-refractivity contribution in [2.75, 3.05) is 13.2 Å². The van der Waals surface area contributed by atoms with Crippen molar-refractivity contribution in [2.24, 2.45) is 0 Å². The summed E-state index contributed by atoms with van der Waals surface area (Å²) in [6.45, 7) is 0.258. The Kier molecular flexibility index (Phi) is 7.04. The molecule has 10 atom stereocenters. The van der Waals surface area contributed by atoms with Gasteiger partial charge in [-0.2, -0.15) is 0 Å². The van der Waals surface area contributed by atoms with Crippen LogP contribution < -0.4 is 0 Å². The molecule has 17 heteroatoms. The van der Waals surface area contributed by atoms with Gasteiger partial charge < -0.3 is 34.0 Å². The minimum atomic E-state index is -4.83. The Bertz CT molecular complexity index is 1310. The third kappa shape index (κ3) is 4.89. The summed E-state index contributed by atoms with van der Waals surface area (Å²) >= 11 is 0. The maximum absolute atomic E-state index is 12.8. The number of fused-ring (bicyclic) bond motifs is 3. The zero-order chi connectivity index (χ0) is 26.8. The largest absolute Gasteiger partial charge is 0.472 e. The highest BCUT2D eigenvalue weighted by molar-refractivity contribution is 7.47. The van der Waals surface area contributed by atoms with E-state index in [0.717, 1.165) is 42.3 Å². The molecule has 0 spiro atoms. The van der Waals surface area contributed by atoms with Crippen molar-refractivity contribution < 1.29 is 56.7 Å². The molecule has 0 saturated carbocycles. The topological polar surface area (TPSA) is 201 Å². The van der Waals surface area contributed by atoms with Crippen molar-refractivity contribution in [3.05, 3.63) is 23.8 Å². The van der Waals surface area contributed by atoms with E-state index in [0.29, 0.717) is 5.65 Å². The van der Waals surface area contributed by atoms with E-state index >= 15 is 0 Å². The molecule has 2 aromatic heterocycles. The van der Waals surface area contributed by atoms with Crippen LogP contribution in [0.4, 0.5) is 0 Å². The van der Waals surface area contributed by atoms with Gasteiger partial charge in [-0.15, -0.1) is 0 Å². The van der Waals surface area contributed by atoms with Gasteiger partial charge >= 0.3 is 15.6 Å². The fourth-order valence-corrected chi connectivity index (χ4v) is 7.50. The second-order valence-corrected chi connectivity index (χ2v) is 12.7. The summed E-state index contributed by atoms with van der Waals surface area (Å²) in [6.07, 6.45) is -3.45. The number of nitrogens with zero attached hydrogens (tertiary/aromatic N) is 3. The second-order valence-electron chi connectivity index (χ2n) is 9.88. The number of aromatic nitrogens is 3. The lowest BCUT2D eigenvalue weighted by atomic mass is 10.1. The first kappa shape index (κ1) is 26.9. The van der Waals surface area contributed by atoms with Crippen LogP contribution in [0, 0.1) is 0 Å². The molecule has 4 N–H and O–H groups in total. The molecule has 3 saturated heterocycles. The molecular formula is C21H29N3O12P2. The molecule has 38 heavy (non-hydrogen) atoms. The number of aliphatic hydroxyl groups is 2. The highest BCUT2D eigenvalue weighted by Crippen LogP contribution is 2.52. The average Bonchev–Trinajstić information content (AvgIpc) is 3.39. The van der Waals surface area contributed by atoms with Crippen LogP contribution in [0.15, 0.2) is 12.5 Å². The Hall–Kier alpha value is -1.32. The standard InChI is InChI=1S/C21H29N3O12P2/c1-10-18-16(25)13(33-10)7-31-38(29,30)36-19-14(8-32-37(27,28)35-18)34-21(17(19)26)24-6-11-4-2-3-5-12-15(11)20(24)23-9-22-12/h6,9-10,13-14,16-19,21,25-26H,2-5,7-8H2,1H3,(H,27,28)(H,29,30)/t10-,13+,14+,16+,17+,18-,19+,21+/m0/s1. The molecule has 15 nitrogen and oxygen atoms in total. The molecule has 0 radical (unpaired) electrons. The summed E-state index contributed by atoms with van der Waals surface area (Å²) in [6, 6.07) is 0. The summed E-state index contributed by atoms with van der Waals surface area (Å²) < 4.78 is 59.3. The van der Waals surface area contributed by atoms with Crippen molar-refractivity contribution in [3.63, 3.8) is 0 Å². The highest BCUT2D eigenvalue weighted by atomic mass is 31.2. The maximum atomic E-state index is 12.8. The molecule has 2 aromatic rings. The first-order valence-electron chi connectivity index (χ1n) is 12.3. The molecule has 4 aliphatic rings. The van der Waals surface area contributed by atoms with Crippen molar-refractivity contribution in [1.82, 2.24) is 14.5 Å². The van der Waals surface area contributed by atoms with E-state index in [1.54, 1.807) is 10.8 Å². The summed E-state index contributed by atoms with van der Waals surface area (Å²) in [5.41, 5.74) is 2.38. The normalized spacial score (nSPS) is 44.1. The summed E-state index contributed by atoms with van der Waals surface area (Å²) in [5.74, 6) is 0. The molecule has 0 aromatic carbocycles.